The van der Waals surface area contributed by atoms with Crippen molar-refractivity contribution in [1.29, 1.82) is 0 Å². The summed E-state index contributed by atoms with van der Waals surface area (Å²) in [5.41, 5.74) is 0.494. The number of ether oxygens (including phenoxy) is 3. The molecule has 0 aromatic heterocycles. The molecule has 7 heteroatoms. The summed E-state index contributed by atoms with van der Waals surface area (Å²) in [6, 6.07) is 8.07. The van der Waals surface area contributed by atoms with Gasteiger partial charge < -0.3 is 0 Å². The summed E-state index contributed by atoms with van der Waals surface area (Å²) < 4.78 is 16.0. The molecular formula is C13H14BNO5. The molecule has 3 rings (SSSR count). The molecule has 0 spiro atoms. The van der Waals surface area contributed by atoms with Crippen LogP contribution < -0.4 is 0 Å². The third-order valence-electron chi connectivity index (χ3n) is 3.36. The second kappa shape index (κ2) is 5.93. The molecule has 2 aliphatic heterocycles. The number of hydrogen-bond acceptors (Lipinski definition) is 5. The van der Waals surface area contributed by atoms with Crippen LogP contribution in [0.4, 0.5) is 0 Å². The van der Waals surface area contributed by atoms with Crippen molar-refractivity contribution in [2.75, 3.05) is 13.4 Å². The first kappa shape index (κ1) is 13.6. The molecule has 2 fully saturated rings. The van der Waals surface area contributed by atoms with E-state index in [1.165, 1.54) is 7.07 Å². The second-order valence-electron chi connectivity index (χ2n) is 4.70. The predicted molar refractivity (Wildman–Crippen MR) is 69.3 cm³/mol. The van der Waals surface area contributed by atoms with Crippen LogP contribution >= 0.6 is 0 Å². The van der Waals surface area contributed by atoms with Gasteiger partial charge in [-0.05, 0) is 0 Å². The molecule has 20 heavy (non-hydrogen) atoms. The number of benzene rings is 1. The monoisotopic (exact) mass is 275 g/mol. The van der Waals surface area contributed by atoms with Crippen LogP contribution in [0.1, 0.15) is 10.4 Å². The predicted octanol–water partition coefficient (Wildman–Crippen LogP) is 0.173. The zero-order valence-electron chi connectivity index (χ0n) is 10.7. The van der Waals surface area contributed by atoms with Gasteiger partial charge in [0.1, 0.15) is 0 Å². The number of carbonyl (C=O) groups excluding carboxylic acids is 1. The zero-order chi connectivity index (χ0) is 13.9. The van der Waals surface area contributed by atoms with Crippen molar-refractivity contribution >= 4 is 13.0 Å². The van der Waals surface area contributed by atoms with Crippen LogP contribution in [0.3, 0.4) is 0 Å². The van der Waals surface area contributed by atoms with E-state index in [0.29, 0.717) is 12.2 Å². The average Bonchev–Trinajstić information content (AvgIpc) is 2.83. The Morgan fingerprint density at radius 2 is 2.15 bits per heavy atom. The second-order valence-corrected chi connectivity index (χ2v) is 4.70. The molecule has 0 radical (unpaired) electrons. The number of nitrogens with zero attached hydrogens (tertiary/aromatic N) is 1. The number of rotatable bonds is 2. The Morgan fingerprint density at radius 3 is 2.90 bits per heavy atom. The van der Waals surface area contributed by atoms with E-state index in [2.05, 4.69) is 4.90 Å². The van der Waals surface area contributed by atoms with Gasteiger partial charge in [-0.25, -0.2) is 0 Å². The van der Waals surface area contributed by atoms with Crippen LogP contribution in [0.25, 0.3) is 0 Å². The van der Waals surface area contributed by atoms with Gasteiger partial charge in [-0.15, -0.1) is 0 Å². The summed E-state index contributed by atoms with van der Waals surface area (Å²) in [7, 11) is 1.34. The number of aliphatic hydroxyl groups is 1. The number of amides is 1. The summed E-state index contributed by atoms with van der Waals surface area (Å²) in [4.78, 5) is 15.7. The van der Waals surface area contributed by atoms with E-state index in [1.54, 1.807) is 24.3 Å². The SMILES string of the molecule is O=C(/N=B/[C@@H]1O[C@@H]2COCOC2[C@@H]1O)c1ccccc1. The number of carbonyl (C=O) groups is 1. The molecule has 0 saturated carbocycles. The van der Waals surface area contributed by atoms with Crippen molar-refractivity contribution in [3.63, 3.8) is 0 Å². The summed E-state index contributed by atoms with van der Waals surface area (Å²) >= 11 is 0. The quantitative estimate of drug-likeness (QED) is 0.779. The molecule has 1 aromatic rings. The summed E-state index contributed by atoms with van der Waals surface area (Å²) in [6.07, 6.45) is -1.58. The van der Waals surface area contributed by atoms with Crippen molar-refractivity contribution in [2.24, 2.45) is 4.90 Å². The Balaban J connectivity index is 1.66. The Hall–Kier alpha value is -1.41. The van der Waals surface area contributed by atoms with Crippen LogP contribution in [0.2, 0.25) is 0 Å². The van der Waals surface area contributed by atoms with Gasteiger partial charge in [0.05, 0.1) is 0 Å². The first-order chi connectivity index (χ1) is 9.75. The minimum absolute atomic E-state index is 0.147. The van der Waals surface area contributed by atoms with Crippen molar-refractivity contribution in [2.45, 2.75) is 24.3 Å². The van der Waals surface area contributed by atoms with E-state index in [0.717, 1.165) is 0 Å². The molecule has 2 heterocycles. The average molecular weight is 275 g/mol. The summed E-state index contributed by atoms with van der Waals surface area (Å²) in [6.45, 7) is 0.521. The number of aliphatic hydroxyl groups excluding tert-OH is 1. The van der Waals surface area contributed by atoms with Crippen molar-refractivity contribution in [1.82, 2.24) is 0 Å². The van der Waals surface area contributed by atoms with Crippen LogP contribution in [-0.2, 0) is 14.2 Å². The third-order valence-corrected chi connectivity index (χ3v) is 3.36. The summed E-state index contributed by atoms with van der Waals surface area (Å²) in [5.74, 6) is -0.367. The fourth-order valence-electron chi connectivity index (χ4n) is 2.32. The van der Waals surface area contributed by atoms with E-state index < -0.39 is 18.2 Å². The topological polar surface area (TPSA) is 77.4 Å². The molecular weight excluding hydrogens is 261 g/mol. The van der Waals surface area contributed by atoms with Crippen LogP contribution in [0.15, 0.2) is 35.2 Å². The first-order valence-electron chi connectivity index (χ1n) is 6.42. The van der Waals surface area contributed by atoms with Gasteiger partial charge >= 0.3 is 116 Å². The van der Waals surface area contributed by atoms with Gasteiger partial charge in [0.2, 0.25) is 0 Å². The molecule has 0 aliphatic carbocycles. The van der Waals surface area contributed by atoms with Gasteiger partial charge in [-0.2, -0.15) is 0 Å². The number of hydrogen-bond donors (Lipinski definition) is 1. The zero-order valence-corrected chi connectivity index (χ0v) is 10.7. The molecule has 1 N–H and O–H groups in total. The molecule has 104 valence electrons. The normalized spacial score (nSPS) is 32.9. The maximum absolute atomic E-state index is 11.8. The molecule has 0 bridgehead atoms. The van der Waals surface area contributed by atoms with E-state index in [1.807, 2.05) is 6.07 Å². The van der Waals surface area contributed by atoms with E-state index in [-0.39, 0.29) is 18.8 Å². The van der Waals surface area contributed by atoms with Crippen molar-refractivity contribution in [3.05, 3.63) is 35.9 Å². The molecule has 1 amide bonds. The molecule has 2 saturated heterocycles. The van der Waals surface area contributed by atoms with Crippen LogP contribution in [-0.4, -0.2) is 55.8 Å². The van der Waals surface area contributed by atoms with E-state index in [4.69, 9.17) is 14.2 Å². The first-order valence-corrected chi connectivity index (χ1v) is 6.42. The van der Waals surface area contributed by atoms with Gasteiger partial charge in [-0.1, -0.05) is 0 Å². The van der Waals surface area contributed by atoms with Crippen LogP contribution in [0.5, 0.6) is 0 Å². The molecule has 1 unspecified atom stereocenters. The van der Waals surface area contributed by atoms with Crippen LogP contribution in [0, 0.1) is 0 Å². The molecule has 1 aromatic carbocycles. The Bertz CT molecular complexity index is 509. The number of fused-ring (bicyclic) bond motifs is 1. The third kappa shape index (κ3) is 2.71. The van der Waals surface area contributed by atoms with Gasteiger partial charge in [0.25, 0.3) is 0 Å². The summed E-state index contributed by atoms with van der Waals surface area (Å²) in [5, 5.41) is 10.1. The molecule has 6 nitrogen and oxygen atoms in total. The van der Waals surface area contributed by atoms with Crippen molar-refractivity contribution in [3.8, 4) is 0 Å². The minimum atomic E-state index is -0.837. The van der Waals surface area contributed by atoms with Gasteiger partial charge in [-0.3, -0.25) is 0 Å². The Morgan fingerprint density at radius 1 is 1.35 bits per heavy atom. The maximum atomic E-state index is 11.8. The molecule has 2 aliphatic rings. The van der Waals surface area contributed by atoms with Gasteiger partial charge in [0, 0.05) is 0 Å². The fourth-order valence-corrected chi connectivity index (χ4v) is 2.32. The van der Waals surface area contributed by atoms with E-state index in [9.17, 15) is 9.90 Å². The van der Waals surface area contributed by atoms with Gasteiger partial charge in [0.15, 0.2) is 0 Å². The van der Waals surface area contributed by atoms with E-state index >= 15 is 0 Å². The van der Waals surface area contributed by atoms with Crippen molar-refractivity contribution < 1.29 is 24.1 Å². The fraction of sp³-hybridized carbons (Fsp3) is 0.462. The Kier molecular flexibility index (Phi) is 4.02. The standard InChI is InChI=1S/C13H14BNO5/c16-10-11-9(6-18-7-19-11)20-12(10)14-15-13(17)8-4-2-1-3-5-8/h1-5,9-12,16H,6-7H2/t9-,10+,11?,12-/m1/s1. The molecule has 4 atom stereocenters. The Labute approximate surface area is 116 Å².